The number of nitrogens with one attached hydrogen (secondary N) is 1. The van der Waals surface area contributed by atoms with E-state index in [0.717, 1.165) is 61.5 Å². The highest BCUT2D eigenvalue weighted by atomic mass is 35.5. The van der Waals surface area contributed by atoms with E-state index in [1.165, 1.54) is 11.1 Å². The summed E-state index contributed by atoms with van der Waals surface area (Å²) >= 11 is 6.01. The van der Waals surface area contributed by atoms with E-state index >= 15 is 0 Å². The number of benzene rings is 2. The minimum absolute atomic E-state index is 0.0239. The molecule has 0 spiro atoms. The van der Waals surface area contributed by atoms with Crippen LogP contribution in [0.4, 0.5) is 4.79 Å². The van der Waals surface area contributed by atoms with E-state index in [2.05, 4.69) is 28.4 Å². The Morgan fingerprint density at radius 1 is 1.04 bits per heavy atom. The number of piperidine rings is 3. The van der Waals surface area contributed by atoms with Crippen LogP contribution in [-0.4, -0.2) is 36.7 Å². The number of carbonyl (C=O) groups is 1. The molecule has 1 aliphatic carbocycles. The van der Waals surface area contributed by atoms with E-state index in [4.69, 9.17) is 16.3 Å². The second-order valence-electron chi connectivity index (χ2n) is 8.24. The summed E-state index contributed by atoms with van der Waals surface area (Å²) < 4.78 is 5.82. The van der Waals surface area contributed by atoms with Crippen LogP contribution in [-0.2, 0) is 11.2 Å². The number of rotatable bonds is 3. The van der Waals surface area contributed by atoms with Gasteiger partial charge in [0.25, 0.3) is 0 Å². The van der Waals surface area contributed by atoms with Gasteiger partial charge in [-0.2, -0.15) is 0 Å². The maximum Gasteiger partial charge on any atom is 0.407 e. The fourth-order valence-corrected chi connectivity index (χ4v) is 5.06. The average Bonchev–Trinajstić information content (AvgIpc) is 3.11. The molecule has 2 bridgehead atoms. The molecule has 2 atom stereocenters. The Morgan fingerprint density at radius 3 is 2.50 bits per heavy atom. The number of hydrogen-bond acceptors (Lipinski definition) is 3. The molecule has 4 aliphatic rings. The van der Waals surface area contributed by atoms with E-state index < -0.39 is 0 Å². The van der Waals surface area contributed by atoms with Gasteiger partial charge < -0.3 is 10.1 Å². The van der Waals surface area contributed by atoms with E-state index in [0.29, 0.717) is 5.92 Å². The summed E-state index contributed by atoms with van der Waals surface area (Å²) in [5.74, 6) is 0.531. The van der Waals surface area contributed by atoms with Gasteiger partial charge in [-0.1, -0.05) is 35.9 Å². The lowest BCUT2D eigenvalue weighted by molar-refractivity contribution is -0.0339. The van der Waals surface area contributed by atoms with Gasteiger partial charge in [0.05, 0.1) is 6.04 Å². The summed E-state index contributed by atoms with van der Waals surface area (Å²) in [6.45, 7) is 3.19. The van der Waals surface area contributed by atoms with Crippen molar-refractivity contribution >= 4 is 17.7 Å². The van der Waals surface area contributed by atoms with Crippen LogP contribution in [0.15, 0.2) is 42.5 Å². The van der Waals surface area contributed by atoms with Crippen LogP contribution >= 0.6 is 11.6 Å². The molecule has 1 amide bonds. The van der Waals surface area contributed by atoms with Gasteiger partial charge in [-0.3, -0.25) is 4.90 Å². The van der Waals surface area contributed by atoms with E-state index in [1.807, 2.05) is 24.3 Å². The summed E-state index contributed by atoms with van der Waals surface area (Å²) in [5, 5.41) is 3.86. The van der Waals surface area contributed by atoms with Crippen molar-refractivity contribution in [2.75, 3.05) is 19.6 Å². The fraction of sp³-hybridized carbons (Fsp3) is 0.435. The van der Waals surface area contributed by atoms with Crippen LogP contribution in [0.3, 0.4) is 0 Å². The molecule has 0 radical (unpaired) electrons. The molecule has 1 unspecified atom stereocenters. The Kier molecular flexibility index (Phi) is 4.77. The Bertz CT molecular complexity index is 875. The number of carbonyl (C=O) groups excluding carboxylic acids is 1. The Balaban J connectivity index is 1.28. The smallest absolute Gasteiger partial charge is 0.407 e. The predicted octanol–water partition coefficient (Wildman–Crippen LogP) is 4.81. The summed E-state index contributed by atoms with van der Waals surface area (Å²) in [7, 11) is 0. The number of fused-ring (bicyclic) bond motifs is 4. The summed E-state index contributed by atoms with van der Waals surface area (Å²) in [4.78, 5) is 15.0. The zero-order chi connectivity index (χ0) is 19.1. The Labute approximate surface area is 170 Å². The van der Waals surface area contributed by atoms with Crippen LogP contribution < -0.4 is 5.32 Å². The van der Waals surface area contributed by atoms with Gasteiger partial charge in [-0.15, -0.1) is 0 Å². The average molecular weight is 397 g/mol. The Morgan fingerprint density at radius 2 is 1.79 bits per heavy atom. The molecular weight excluding hydrogens is 372 g/mol. The molecule has 6 rings (SSSR count). The molecule has 4 nitrogen and oxygen atoms in total. The highest BCUT2D eigenvalue weighted by molar-refractivity contribution is 6.30. The first kappa shape index (κ1) is 18.0. The first-order chi connectivity index (χ1) is 13.7. The molecule has 3 heterocycles. The van der Waals surface area contributed by atoms with Gasteiger partial charge >= 0.3 is 6.09 Å². The van der Waals surface area contributed by atoms with Gasteiger partial charge in [-0.05, 0) is 85.1 Å². The van der Waals surface area contributed by atoms with Crippen molar-refractivity contribution in [2.45, 2.75) is 37.8 Å². The van der Waals surface area contributed by atoms with E-state index in [9.17, 15) is 4.79 Å². The number of ether oxygens (including phenoxy) is 1. The van der Waals surface area contributed by atoms with Crippen LogP contribution in [0.5, 0.6) is 0 Å². The topological polar surface area (TPSA) is 41.6 Å². The molecule has 3 aliphatic heterocycles. The van der Waals surface area contributed by atoms with Crippen molar-refractivity contribution in [3.8, 4) is 11.1 Å². The number of alkyl carbamates (subject to hydrolysis) is 1. The molecule has 28 heavy (non-hydrogen) atoms. The summed E-state index contributed by atoms with van der Waals surface area (Å²) in [6, 6.07) is 14.4. The quantitative estimate of drug-likeness (QED) is 0.809. The number of aryl methyl sites for hydroxylation is 1. The van der Waals surface area contributed by atoms with Gasteiger partial charge in [0, 0.05) is 11.6 Å². The monoisotopic (exact) mass is 396 g/mol. The van der Waals surface area contributed by atoms with Crippen LogP contribution in [0, 0.1) is 5.92 Å². The van der Waals surface area contributed by atoms with Crippen LogP contribution in [0.25, 0.3) is 11.1 Å². The molecule has 0 saturated carbocycles. The summed E-state index contributed by atoms with van der Waals surface area (Å²) in [5.41, 5.74) is 4.80. The number of nitrogens with zero attached hydrogens (tertiary/aromatic N) is 1. The number of hydrogen-bond donors (Lipinski definition) is 1. The SMILES string of the molecule is O=C(NC1CCc2ccc(-c3ccc(Cl)cc3)cc21)O[C@@H]1CN2CCC1CC2. The van der Waals surface area contributed by atoms with Crippen molar-refractivity contribution in [2.24, 2.45) is 5.92 Å². The summed E-state index contributed by atoms with van der Waals surface area (Å²) in [6.07, 6.45) is 3.98. The van der Waals surface area contributed by atoms with Crippen molar-refractivity contribution in [3.05, 3.63) is 58.6 Å². The van der Waals surface area contributed by atoms with Crippen molar-refractivity contribution in [1.82, 2.24) is 10.2 Å². The third-order valence-corrected chi connectivity index (χ3v) is 6.80. The Hall–Kier alpha value is -2.04. The van der Waals surface area contributed by atoms with Crippen molar-refractivity contribution in [3.63, 3.8) is 0 Å². The van der Waals surface area contributed by atoms with E-state index in [-0.39, 0.29) is 18.2 Å². The third-order valence-electron chi connectivity index (χ3n) is 6.55. The standard InChI is InChI=1S/C23H25ClN2O2/c24-19-6-3-15(4-7-19)18-2-1-16-5-8-21(20(16)13-18)25-23(27)28-22-14-26-11-9-17(22)10-12-26/h1-4,6-7,13,17,21-22H,5,8-12,14H2,(H,25,27)/t21?,22-/m1/s1. The molecule has 1 N–H and O–H groups in total. The second kappa shape index (κ2) is 7.41. The number of halogens is 1. The van der Waals surface area contributed by atoms with Crippen molar-refractivity contribution < 1.29 is 9.53 Å². The van der Waals surface area contributed by atoms with Crippen LogP contribution in [0.2, 0.25) is 5.02 Å². The lowest BCUT2D eigenvalue weighted by atomic mass is 9.86. The highest BCUT2D eigenvalue weighted by Crippen LogP contribution is 2.35. The van der Waals surface area contributed by atoms with Gasteiger partial charge in [0.15, 0.2) is 0 Å². The largest absolute Gasteiger partial charge is 0.445 e. The molecule has 3 fully saturated rings. The maximum absolute atomic E-state index is 12.6. The zero-order valence-corrected chi connectivity index (χ0v) is 16.6. The second-order valence-corrected chi connectivity index (χ2v) is 8.67. The normalized spacial score (nSPS) is 28.0. The van der Waals surface area contributed by atoms with Gasteiger partial charge in [0.2, 0.25) is 0 Å². The van der Waals surface area contributed by atoms with Crippen LogP contribution in [0.1, 0.15) is 36.4 Å². The maximum atomic E-state index is 12.6. The first-order valence-electron chi connectivity index (χ1n) is 10.2. The molecular formula is C23H25ClN2O2. The molecule has 2 aromatic carbocycles. The predicted molar refractivity (Wildman–Crippen MR) is 111 cm³/mol. The van der Waals surface area contributed by atoms with E-state index in [1.54, 1.807) is 0 Å². The molecule has 146 valence electrons. The zero-order valence-electron chi connectivity index (χ0n) is 15.9. The minimum Gasteiger partial charge on any atom is -0.445 e. The molecule has 3 saturated heterocycles. The number of amides is 1. The van der Waals surface area contributed by atoms with Gasteiger partial charge in [0.1, 0.15) is 6.10 Å². The fourth-order valence-electron chi connectivity index (χ4n) is 4.93. The van der Waals surface area contributed by atoms with Crippen molar-refractivity contribution in [1.29, 1.82) is 0 Å². The molecule has 0 aromatic heterocycles. The highest BCUT2D eigenvalue weighted by Gasteiger charge is 2.37. The molecule has 5 heteroatoms. The molecule has 2 aromatic rings. The first-order valence-corrected chi connectivity index (χ1v) is 10.6. The van der Waals surface area contributed by atoms with Gasteiger partial charge in [-0.25, -0.2) is 4.79 Å². The lowest BCUT2D eigenvalue weighted by Gasteiger charge is -2.43. The minimum atomic E-state index is -0.270. The third kappa shape index (κ3) is 3.51. The lowest BCUT2D eigenvalue weighted by Crippen LogP contribution is -2.52.